The fraction of sp³-hybridized carbons (Fsp3) is 1.00. The van der Waals surface area contributed by atoms with Gasteiger partial charge in [0.1, 0.15) is 0 Å². The van der Waals surface area contributed by atoms with E-state index in [4.69, 9.17) is 0 Å². The van der Waals surface area contributed by atoms with E-state index in [1.54, 1.807) is 0 Å². The zero-order valence-corrected chi connectivity index (χ0v) is 11.1. The Morgan fingerprint density at radius 2 is 2.20 bits per heavy atom. The first-order chi connectivity index (χ1) is 7.33. The Morgan fingerprint density at radius 3 is 3.00 bits per heavy atom. The van der Waals surface area contributed by atoms with Crippen molar-refractivity contribution < 1.29 is 0 Å². The maximum absolute atomic E-state index is 3.51. The molecule has 0 aliphatic carbocycles. The number of nitrogens with one attached hydrogen (secondary N) is 1. The van der Waals surface area contributed by atoms with E-state index in [-0.39, 0.29) is 0 Å². The average Bonchev–Trinajstić information content (AvgIpc) is 2.47. The highest BCUT2D eigenvalue weighted by molar-refractivity contribution is 7.99. The Hall–Kier alpha value is 0.270. The topological polar surface area (TPSA) is 15.3 Å². The summed E-state index contributed by atoms with van der Waals surface area (Å²) in [4.78, 5) is 2.64. The van der Waals surface area contributed by atoms with Gasteiger partial charge in [0.05, 0.1) is 0 Å². The SMILES string of the molecule is CCCNCC(C)CN1CCCSCC1. The maximum Gasteiger partial charge on any atom is 0.00725 e. The van der Waals surface area contributed by atoms with E-state index < -0.39 is 0 Å². The van der Waals surface area contributed by atoms with Crippen LogP contribution in [0.1, 0.15) is 26.7 Å². The van der Waals surface area contributed by atoms with Gasteiger partial charge in [-0.1, -0.05) is 13.8 Å². The van der Waals surface area contributed by atoms with Crippen molar-refractivity contribution >= 4 is 11.8 Å². The van der Waals surface area contributed by atoms with E-state index in [9.17, 15) is 0 Å². The number of hydrogen-bond acceptors (Lipinski definition) is 3. The molecule has 1 heterocycles. The first kappa shape index (κ1) is 13.3. The summed E-state index contributed by atoms with van der Waals surface area (Å²) in [5.74, 6) is 3.48. The molecule has 3 heteroatoms. The van der Waals surface area contributed by atoms with E-state index in [0.29, 0.717) is 0 Å². The van der Waals surface area contributed by atoms with Crippen LogP contribution in [-0.4, -0.2) is 49.1 Å². The minimum absolute atomic E-state index is 0.791. The summed E-state index contributed by atoms with van der Waals surface area (Å²) in [6, 6.07) is 0. The number of hydrogen-bond donors (Lipinski definition) is 1. The van der Waals surface area contributed by atoms with Gasteiger partial charge in [0.15, 0.2) is 0 Å². The molecule has 0 spiro atoms. The van der Waals surface area contributed by atoms with Crippen LogP contribution in [0.5, 0.6) is 0 Å². The van der Waals surface area contributed by atoms with Crippen LogP contribution in [0.25, 0.3) is 0 Å². The van der Waals surface area contributed by atoms with Gasteiger partial charge in [-0.2, -0.15) is 11.8 Å². The molecule has 1 rings (SSSR count). The minimum atomic E-state index is 0.791. The molecule has 0 amide bonds. The number of rotatable bonds is 6. The van der Waals surface area contributed by atoms with E-state index >= 15 is 0 Å². The first-order valence-corrected chi connectivity index (χ1v) is 7.49. The van der Waals surface area contributed by atoms with Crippen LogP contribution in [0.4, 0.5) is 0 Å². The Labute approximate surface area is 99.2 Å². The van der Waals surface area contributed by atoms with Gasteiger partial charge < -0.3 is 10.2 Å². The number of thioether (sulfide) groups is 1. The van der Waals surface area contributed by atoms with Gasteiger partial charge in [-0.05, 0) is 44.1 Å². The first-order valence-electron chi connectivity index (χ1n) is 6.33. The zero-order chi connectivity index (χ0) is 10.9. The summed E-state index contributed by atoms with van der Waals surface area (Å²) in [6.45, 7) is 10.8. The third-order valence-corrected chi connectivity index (χ3v) is 3.85. The summed E-state index contributed by atoms with van der Waals surface area (Å²) in [6.07, 6.45) is 2.62. The van der Waals surface area contributed by atoms with Gasteiger partial charge in [0.2, 0.25) is 0 Å². The highest BCUT2D eigenvalue weighted by atomic mass is 32.2. The lowest BCUT2D eigenvalue weighted by molar-refractivity contribution is 0.251. The Balaban J connectivity index is 2.09. The van der Waals surface area contributed by atoms with Crippen LogP contribution in [-0.2, 0) is 0 Å². The largest absolute Gasteiger partial charge is 0.316 e. The van der Waals surface area contributed by atoms with Gasteiger partial charge in [-0.3, -0.25) is 0 Å². The molecule has 0 saturated carbocycles. The molecule has 1 aliphatic heterocycles. The van der Waals surface area contributed by atoms with Crippen molar-refractivity contribution in [1.82, 2.24) is 10.2 Å². The van der Waals surface area contributed by atoms with Crippen LogP contribution in [0.3, 0.4) is 0 Å². The predicted octanol–water partition coefficient (Wildman–Crippen LogP) is 2.06. The molecular weight excluding hydrogens is 204 g/mol. The average molecular weight is 230 g/mol. The smallest absolute Gasteiger partial charge is 0.00725 e. The predicted molar refractivity (Wildman–Crippen MR) is 70.7 cm³/mol. The molecule has 0 radical (unpaired) electrons. The quantitative estimate of drug-likeness (QED) is 0.703. The minimum Gasteiger partial charge on any atom is -0.316 e. The van der Waals surface area contributed by atoms with Crippen LogP contribution in [0.15, 0.2) is 0 Å². The molecule has 1 aliphatic rings. The van der Waals surface area contributed by atoms with Crippen molar-refractivity contribution in [2.75, 3.05) is 44.2 Å². The standard InChI is InChI=1S/C12H26N2S/c1-3-5-13-10-12(2)11-14-6-4-8-15-9-7-14/h12-13H,3-11H2,1-2H3. The molecule has 0 aromatic rings. The Bertz CT molecular complexity index is 145. The molecule has 0 aromatic carbocycles. The second-order valence-corrected chi connectivity index (χ2v) is 5.80. The van der Waals surface area contributed by atoms with Gasteiger partial charge in [0.25, 0.3) is 0 Å². The van der Waals surface area contributed by atoms with E-state index in [1.807, 2.05) is 0 Å². The van der Waals surface area contributed by atoms with Crippen molar-refractivity contribution in [1.29, 1.82) is 0 Å². The maximum atomic E-state index is 3.51. The van der Waals surface area contributed by atoms with Crippen molar-refractivity contribution in [3.05, 3.63) is 0 Å². The normalized spacial score (nSPS) is 21.2. The molecule has 2 nitrogen and oxygen atoms in total. The second kappa shape index (κ2) is 8.43. The monoisotopic (exact) mass is 230 g/mol. The lowest BCUT2D eigenvalue weighted by Crippen LogP contribution is -2.34. The van der Waals surface area contributed by atoms with Gasteiger partial charge in [-0.25, -0.2) is 0 Å². The Morgan fingerprint density at radius 1 is 1.33 bits per heavy atom. The molecular formula is C12H26N2S. The lowest BCUT2D eigenvalue weighted by atomic mass is 10.1. The summed E-state index contributed by atoms with van der Waals surface area (Å²) < 4.78 is 0. The molecule has 0 bridgehead atoms. The van der Waals surface area contributed by atoms with E-state index in [0.717, 1.165) is 5.92 Å². The lowest BCUT2D eigenvalue weighted by Gasteiger charge is -2.23. The third kappa shape index (κ3) is 6.44. The van der Waals surface area contributed by atoms with E-state index in [1.165, 1.54) is 57.1 Å². The van der Waals surface area contributed by atoms with Crippen molar-refractivity contribution in [2.45, 2.75) is 26.7 Å². The molecule has 0 aromatic heterocycles. The van der Waals surface area contributed by atoms with Crippen LogP contribution >= 0.6 is 11.8 Å². The van der Waals surface area contributed by atoms with Gasteiger partial charge in [-0.15, -0.1) is 0 Å². The Kier molecular flexibility index (Phi) is 7.49. The summed E-state index contributed by atoms with van der Waals surface area (Å²) in [5, 5.41) is 3.51. The highest BCUT2D eigenvalue weighted by Gasteiger charge is 2.12. The second-order valence-electron chi connectivity index (χ2n) is 4.58. The fourth-order valence-corrected chi connectivity index (χ4v) is 2.94. The fourth-order valence-electron chi connectivity index (χ4n) is 2.01. The molecule has 1 fully saturated rings. The molecule has 1 atom stereocenters. The van der Waals surface area contributed by atoms with Crippen LogP contribution in [0.2, 0.25) is 0 Å². The number of nitrogens with zero attached hydrogens (tertiary/aromatic N) is 1. The van der Waals surface area contributed by atoms with E-state index in [2.05, 4.69) is 35.8 Å². The third-order valence-electron chi connectivity index (χ3n) is 2.80. The van der Waals surface area contributed by atoms with Crippen LogP contribution in [0, 0.1) is 5.92 Å². The van der Waals surface area contributed by atoms with Gasteiger partial charge >= 0.3 is 0 Å². The van der Waals surface area contributed by atoms with Crippen molar-refractivity contribution in [3.8, 4) is 0 Å². The molecule has 1 unspecified atom stereocenters. The van der Waals surface area contributed by atoms with Gasteiger partial charge in [0, 0.05) is 18.8 Å². The molecule has 1 N–H and O–H groups in total. The highest BCUT2D eigenvalue weighted by Crippen LogP contribution is 2.11. The van der Waals surface area contributed by atoms with Crippen LogP contribution < -0.4 is 5.32 Å². The molecule has 1 saturated heterocycles. The summed E-state index contributed by atoms with van der Waals surface area (Å²) in [5.41, 5.74) is 0. The summed E-state index contributed by atoms with van der Waals surface area (Å²) >= 11 is 2.11. The zero-order valence-electron chi connectivity index (χ0n) is 10.3. The molecule has 15 heavy (non-hydrogen) atoms. The van der Waals surface area contributed by atoms with Crippen molar-refractivity contribution in [2.24, 2.45) is 5.92 Å². The summed E-state index contributed by atoms with van der Waals surface area (Å²) in [7, 11) is 0. The molecule has 90 valence electrons. The van der Waals surface area contributed by atoms with Crippen molar-refractivity contribution in [3.63, 3.8) is 0 Å².